The quantitative estimate of drug-likeness (QED) is 0.271. The third kappa shape index (κ3) is 8.51. The molecule has 2 saturated heterocycles. The van der Waals surface area contributed by atoms with Gasteiger partial charge < -0.3 is 25.4 Å². The van der Waals surface area contributed by atoms with Gasteiger partial charge in [-0.1, -0.05) is 37.8 Å². The topological polar surface area (TPSA) is 146 Å². The van der Waals surface area contributed by atoms with E-state index in [1.807, 2.05) is 23.1 Å². The molecule has 4 aliphatic rings. The number of carbonyl (C=O) groups is 5. The zero-order valence-corrected chi connectivity index (χ0v) is 26.0. The molecule has 0 unspecified atom stereocenters. The molecule has 44 heavy (non-hydrogen) atoms. The molecular weight excluding hydrogens is 564 g/mol. The lowest BCUT2D eigenvalue weighted by Gasteiger charge is -2.27. The third-order valence-corrected chi connectivity index (χ3v) is 9.47. The minimum absolute atomic E-state index is 0.0240. The summed E-state index contributed by atoms with van der Waals surface area (Å²) in [6.45, 7) is 6.40. The second-order valence-electron chi connectivity index (χ2n) is 13.1. The Labute approximate surface area is 259 Å². The predicted octanol–water partition coefficient (Wildman–Crippen LogP) is 1.95. The monoisotopic (exact) mass is 610 g/mol. The van der Waals surface area contributed by atoms with Gasteiger partial charge in [0.05, 0.1) is 38.4 Å². The maximum absolute atomic E-state index is 13.9. The number of epoxide rings is 1. The number of hydrogen-bond acceptors (Lipinski definition) is 8. The van der Waals surface area contributed by atoms with Crippen LogP contribution >= 0.6 is 0 Å². The molecule has 3 N–H and O–H groups in total. The van der Waals surface area contributed by atoms with Gasteiger partial charge in [0, 0.05) is 37.5 Å². The van der Waals surface area contributed by atoms with Crippen molar-refractivity contribution in [2.75, 3.05) is 44.8 Å². The fraction of sp³-hybridized carbons (Fsp3) is 0.667. The molecule has 1 aliphatic carbocycles. The second-order valence-corrected chi connectivity index (χ2v) is 13.1. The number of nitrogens with zero attached hydrogens (tertiary/aromatic N) is 1. The second kappa shape index (κ2) is 14.3. The van der Waals surface area contributed by atoms with Crippen molar-refractivity contribution in [2.24, 2.45) is 11.8 Å². The molecule has 3 heterocycles. The van der Waals surface area contributed by atoms with E-state index in [1.54, 1.807) is 13.8 Å². The van der Waals surface area contributed by atoms with Crippen LogP contribution in [0.3, 0.4) is 0 Å². The van der Waals surface area contributed by atoms with Gasteiger partial charge in [-0.15, -0.1) is 0 Å². The van der Waals surface area contributed by atoms with Gasteiger partial charge in [0.25, 0.3) is 0 Å². The van der Waals surface area contributed by atoms with Crippen LogP contribution < -0.4 is 16.0 Å². The van der Waals surface area contributed by atoms with E-state index < -0.39 is 23.6 Å². The van der Waals surface area contributed by atoms with Crippen LogP contribution in [0.15, 0.2) is 18.2 Å². The largest absolute Gasteiger partial charge is 0.379 e. The summed E-state index contributed by atoms with van der Waals surface area (Å²) in [6, 6.07) is 4.23. The number of nitrogens with one attached hydrogen (secondary N) is 3. The standard InChI is InChI=1S/C33H46N4O7/c1-21(34-30(40)19-37-11-13-43-14-12-37)28(38)18-25(16-23-7-9-26-24(15-23)8-10-29(39)35-26)32(42)36-27(17-22-5-3-4-6-22)31(41)33(2)20-44-33/h7,9,15,21-22,25,27H,3-6,8,10-14,16-20H2,1-2H3,(H,34,40)(H,35,39)(H,36,42)/t21-,25+,27-,33+/m0/s1. The summed E-state index contributed by atoms with van der Waals surface area (Å²) in [5.74, 6) is -1.36. The average molecular weight is 611 g/mol. The van der Waals surface area contributed by atoms with Gasteiger partial charge in [-0.3, -0.25) is 28.9 Å². The highest BCUT2D eigenvalue weighted by Crippen LogP contribution is 2.34. The highest BCUT2D eigenvalue weighted by Gasteiger charge is 2.50. The minimum atomic E-state index is -0.871. The van der Waals surface area contributed by atoms with Crippen molar-refractivity contribution in [3.63, 3.8) is 0 Å². The summed E-state index contributed by atoms with van der Waals surface area (Å²) in [5.41, 5.74) is 1.75. The van der Waals surface area contributed by atoms with Crippen LogP contribution in [-0.2, 0) is 46.3 Å². The van der Waals surface area contributed by atoms with Crippen LogP contribution in [0.25, 0.3) is 0 Å². The number of ether oxygens (including phenoxy) is 2. The summed E-state index contributed by atoms with van der Waals surface area (Å²) in [4.78, 5) is 67.3. The molecule has 5 rings (SSSR count). The van der Waals surface area contributed by atoms with Crippen LogP contribution in [0.1, 0.15) is 69.9 Å². The average Bonchev–Trinajstić information content (AvgIpc) is 3.54. The number of hydrogen-bond donors (Lipinski definition) is 3. The first-order chi connectivity index (χ1) is 21.1. The van der Waals surface area contributed by atoms with Gasteiger partial charge in [-0.2, -0.15) is 0 Å². The Bertz CT molecular complexity index is 1250. The van der Waals surface area contributed by atoms with Crippen molar-refractivity contribution < 1.29 is 33.4 Å². The van der Waals surface area contributed by atoms with Crippen molar-refractivity contribution in [2.45, 2.75) is 89.3 Å². The SMILES string of the molecule is C[C@H](NC(=O)CN1CCOCC1)C(=O)C[C@@H](Cc1ccc2c(c1)CCC(=O)N2)C(=O)N[C@@H](CC1CCCC1)C(=O)[C@@]1(C)CO1. The van der Waals surface area contributed by atoms with Gasteiger partial charge >= 0.3 is 0 Å². The molecule has 3 amide bonds. The summed E-state index contributed by atoms with van der Waals surface area (Å²) < 4.78 is 10.8. The molecule has 4 atom stereocenters. The molecule has 0 spiro atoms. The fourth-order valence-corrected chi connectivity index (χ4v) is 6.57. The molecule has 1 aromatic carbocycles. The van der Waals surface area contributed by atoms with Crippen molar-refractivity contribution in [3.8, 4) is 0 Å². The number of benzene rings is 1. The zero-order valence-electron chi connectivity index (χ0n) is 26.0. The lowest BCUT2D eigenvalue weighted by Crippen LogP contribution is -2.50. The predicted molar refractivity (Wildman–Crippen MR) is 163 cm³/mol. The lowest BCUT2D eigenvalue weighted by molar-refractivity contribution is -0.134. The first-order valence-electron chi connectivity index (χ1n) is 16.1. The molecule has 1 saturated carbocycles. The number of Topliss-reactive ketones (excluding diaryl/α,β-unsaturated/α-hetero) is 2. The smallest absolute Gasteiger partial charge is 0.234 e. The Morgan fingerprint density at radius 2 is 1.82 bits per heavy atom. The fourth-order valence-electron chi connectivity index (χ4n) is 6.57. The van der Waals surface area contributed by atoms with E-state index in [0.717, 1.165) is 42.5 Å². The molecule has 240 valence electrons. The highest BCUT2D eigenvalue weighted by molar-refractivity contribution is 5.98. The number of ketones is 2. The number of amides is 3. The van der Waals surface area contributed by atoms with E-state index >= 15 is 0 Å². The van der Waals surface area contributed by atoms with Gasteiger partial charge in [0.2, 0.25) is 17.7 Å². The molecule has 3 aliphatic heterocycles. The minimum Gasteiger partial charge on any atom is -0.379 e. The first kappa shape index (κ1) is 32.2. The molecule has 0 radical (unpaired) electrons. The summed E-state index contributed by atoms with van der Waals surface area (Å²) in [7, 11) is 0. The summed E-state index contributed by atoms with van der Waals surface area (Å²) in [6.07, 6.45) is 6.08. The van der Waals surface area contributed by atoms with Crippen molar-refractivity contribution in [3.05, 3.63) is 29.3 Å². The number of aryl methyl sites for hydroxylation is 1. The van der Waals surface area contributed by atoms with Crippen LogP contribution in [-0.4, -0.2) is 91.3 Å². The maximum Gasteiger partial charge on any atom is 0.234 e. The Hall–Kier alpha value is -3.15. The number of carbonyl (C=O) groups excluding carboxylic acids is 5. The number of rotatable bonds is 14. The Morgan fingerprint density at radius 1 is 1.09 bits per heavy atom. The summed E-state index contributed by atoms with van der Waals surface area (Å²) in [5, 5.41) is 8.71. The van der Waals surface area contributed by atoms with Gasteiger partial charge in [0.1, 0.15) is 5.60 Å². The van der Waals surface area contributed by atoms with Gasteiger partial charge in [0.15, 0.2) is 11.6 Å². The highest BCUT2D eigenvalue weighted by atomic mass is 16.6. The molecular formula is C33H46N4O7. The summed E-state index contributed by atoms with van der Waals surface area (Å²) >= 11 is 0. The molecule has 0 aromatic heterocycles. The van der Waals surface area contributed by atoms with Crippen LogP contribution in [0, 0.1) is 11.8 Å². The lowest BCUT2D eigenvalue weighted by atomic mass is 9.87. The van der Waals surface area contributed by atoms with E-state index in [0.29, 0.717) is 58.1 Å². The van der Waals surface area contributed by atoms with Crippen LogP contribution in [0.2, 0.25) is 0 Å². The zero-order chi connectivity index (χ0) is 31.3. The van der Waals surface area contributed by atoms with Gasteiger partial charge in [-0.25, -0.2) is 0 Å². The van der Waals surface area contributed by atoms with E-state index in [-0.39, 0.29) is 48.7 Å². The Morgan fingerprint density at radius 3 is 2.52 bits per heavy atom. The molecule has 11 heteroatoms. The normalized spacial score (nSPS) is 24.0. The Kier molecular flexibility index (Phi) is 10.5. The Balaban J connectivity index is 1.29. The van der Waals surface area contributed by atoms with E-state index in [1.165, 1.54) is 0 Å². The molecule has 0 bridgehead atoms. The van der Waals surface area contributed by atoms with E-state index in [2.05, 4.69) is 16.0 Å². The number of fused-ring (bicyclic) bond motifs is 1. The number of morpholine rings is 1. The van der Waals surface area contributed by atoms with Crippen molar-refractivity contribution >= 4 is 35.0 Å². The first-order valence-corrected chi connectivity index (χ1v) is 16.1. The number of anilines is 1. The van der Waals surface area contributed by atoms with E-state index in [9.17, 15) is 24.0 Å². The van der Waals surface area contributed by atoms with Crippen LogP contribution in [0.4, 0.5) is 5.69 Å². The maximum atomic E-state index is 13.9. The van der Waals surface area contributed by atoms with Gasteiger partial charge in [-0.05, 0) is 56.2 Å². The molecule has 3 fully saturated rings. The third-order valence-electron chi connectivity index (χ3n) is 9.47. The van der Waals surface area contributed by atoms with Crippen molar-refractivity contribution in [1.29, 1.82) is 0 Å². The molecule has 1 aromatic rings. The molecule has 11 nitrogen and oxygen atoms in total. The van der Waals surface area contributed by atoms with Crippen molar-refractivity contribution in [1.82, 2.24) is 15.5 Å². The van der Waals surface area contributed by atoms with Crippen LogP contribution in [0.5, 0.6) is 0 Å². The van der Waals surface area contributed by atoms with E-state index in [4.69, 9.17) is 9.47 Å².